The minimum Gasteiger partial charge on any atom is -0.465 e. The van der Waals surface area contributed by atoms with Gasteiger partial charge in [-0.05, 0) is 31.0 Å². The van der Waals surface area contributed by atoms with E-state index in [2.05, 4.69) is 0 Å². The standard InChI is InChI=1S/C15H22N2O5S/c1-16(2)23(20,21)12-6-7-14(13(9-12)15(19)22-3)17-8-4-5-11(18)10-17/h6-7,9,11,18H,4-5,8,10H2,1-3H3/t11-/m0/s1. The number of anilines is 1. The molecule has 0 aromatic heterocycles. The maximum atomic E-state index is 12.3. The fourth-order valence-corrected chi connectivity index (χ4v) is 3.54. The molecule has 1 aromatic rings. The zero-order chi connectivity index (χ0) is 17.2. The SMILES string of the molecule is COC(=O)c1cc(S(=O)(=O)N(C)C)ccc1N1CCC[C@H](O)C1. The molecule has 1 fully saturated rings. The number of nitrogens with zero attached hydrogens (tertiary/aromatic N) is 2. The van der Waals surface area contributed by atoms with E-state index in [1.54, 1.807) is 6.07 Å². The summed E-state index contributed by atoms with van der Waals surface area (Å²) in [5, 5.41) is 9.82. The number of ether oxygens (including phenoxy) is 1. The van der Waals surface area contributed by atoms with Crippen LogP contribution in [0.25, 0.3) is 0 Å². The van der Waals surface area contributed by atoms with Crippen LogP contribution in [0.4, 0.5) is 5.69 Å². The lowest BCUT2D eigenvalue weighted by Crippen LogP contribution is -2.39. The van der Waals surface area contributed by atoms with Crippen molar-refractivity contribution in [1.82, 2.24) is 4.31 Å². The molecule has 7 nitrogen and oxygen atoms in total. The zero-order valence-electron chi connectivity index (χ0n) is 13.5. The molecule has 0 saturated carbocycles. The molecule has 2 rings (SSSR count). The second-order valence-electron chi connectivity index (χ2n) is 5.70. The van der Waals surface area contributed by atoms with Crippen LogP contribution in [0.2, 0.25) is 0 Å². The molecule has 0 spiro atoms. The van der Waals surface area contributed by atoms with Crippen LogP contribution in [0.15, 0.2) is 23.1 Å². The number of aliphatic hydroxyl groups is 1. The van der Waals surface area contributed by atoms with Crippen LogP contribution in [-0.4, -0.2) is 64.2 Å². The second-order valence-corrected chi connectivity index (χ2v) is 7.85. The minimum atomic E-state index is -3.64. The molecule has 0 aliphatic carbocycles. The lowest BCUT2D eigenvalue weighted by Gasteiger charge is -2.33. The molecule has 1 atom stereocenters. The van der Waals surface area contributed by atoms with E-state index in [0.717, 1.165) is 17.1 Å². The smallest absolute Gasteiger partial charge is 0.340 e. The highest BCUT2D eigenvalue weighted by molar-refractivity contribution is 7.89. The number of sulfonamides is 1. The summed E-state index contributed by atoms with van der Waals surface area (Å²) in [6, 6.07) is 4.40. The number of methoxy groups -OCH3 is 1. The molecular formula is C15H22N2O5S. The van der Waals surface area contributed by atoms with E-state index in [9.17, 15) is 18.3 Å². The molecule has 0 unspecified atom stereocenters. The van der Waals surface area contributed by atoms with Gasteiger partial charge in [-0.1, -0.05) is 0 Å². The van der Waals surface area contributed by atoms with E-state index < -0.39 is 22.1 Å². The average Bonchev–Trinajstić information content (AvgIpc) is 2.53. The first-order valence-electron chi connectivity index (χ1n) is 7.35. The number of carbonyl (C=O) groups excluding carboxylic acids is 1. The third kappa shape index (κ3) is 3.65. The Balaban J connectivity index is 2.49. The van der Waals surface area contributed by atoms with Gasteiger partial charge in [0.1, 0.15) is 0 Å². The first kappa shape index (κ1) is 17.7. The van der Waals surface area contributed by atoms with Crippen molar-refractivity contribution in [1.29, 1.82) is 0 Å². The van der Waals surface area contributed by atoms with Gasteiger partial charge in [0.05, 0.1) is 29.4 Å². The van der Waals surface area contributed by atoms with Crippen molar-refractivity contribution >= 4 is 21.7 Å². The van der Waals surface area contributed by atoms with Crippen molar-refractivity contribution in [2.75, 3.05) is 39.2 Å². The van der Waals surface area contributed by atoms with Gasteiger partial charge in [-0.15, -0.1) is 0 Å². The second kappa shape index (κ2) is 6.86. The predicted molar refractivity (Wildman–Crippen MR) is 86.1 cm³/mol. The van der Waals surface area contributed by atoms with Crippen molar-refractivity contribution in [2.45, 2.75) is 23.8 Å². The summed E-state index contributed by atoms with van der Waals surface area (Å²) < 4.78 is 30.4. The fourth-order valence-electron chi connectivity index (χ4n) is 2.61. The van der Waals surface area contributed by atoms with Crippen molar-refractivity contribution in [3.05, 3.63) is 23.8 Å². The maximum absolute atomic E-state index is 12.3. The predicted octanol–water partition coefficient (Wildman–Crippen LogP) is 0.685. The molecule has 1 N–H and O–H groups in total. The van der Waals surface area contributed by atoms with Crippen LogP contribution in [0.5, 0.6) is 0 Å². The number of β-amino-alcohol motifs (C(OH)–C–C–N with tert-alkyl or cyclic N) is 1. The van der Waals surface area contributed by atoms with Crippen molar-refractivity contribution in [3.8, 4) is 0 Å². The lowest BCUT2D eigenvalue weighted by atomic mass is 10.1. The van der Waals surface area contributed by atoms with Crippen LogP contribution in [0.1, 0.15) is 23.2 Å². The summed E-state index contributed by atoms with van der Waals surface area (Å²) in [6.07, 6.45) is 1.07. The summed E-state index contributed by atoms with van der Waals surface area (Å²) >= 11 is 0. The van der Waals surface area contributed by atoms with E-state index in [4.69, 9.17) is 4.74 Å². The largest absolute Gasteiger partial charge is 0.465 e. The Labute approximate surface area is 136 Å². The number of rotatable bonds is 4. The van der Waals surface area contributed by atoms with Crippen LogP contribution in [-0.2, 0) is 14.8 Å². The molecule has 1 saturated heterocycles. The minimum absolute atomic E-state index is 0.0317. The molecular weight excluding hydrogens is 320 g/mol. The molecule has 128 valence electrons. The molecule has 8 heteroatoms. The van der Waals surface area contributed by atoms with Crippen LogP contribution >= 0.6 is 0 Å². The topological polar surface area (TPSA) is 87.2 Å². The molecule has 1 heterocycles. The van der Waals surface area contributed by atoms with Gasteiger partial charge in [0.25, 0.3) is 0 Å². The van der Waals surface area contributed by atoms with Gasteiger partial charge in [-0.3, -0.25) is 0 Å². The number of aliphatic hydroxyl groups excluding tert-OH is 1. The maximum Gasteiger partial charge on any atom is 0.340 e. The Morgan fingerprint density at radius 1 is 1.39 bits per heavy atom. The van der Waals surface area contributed by atoms with E-state index in [1.165, 1.54) is 33.3 Å². The van der Waals surface area contributed by atoms with Gasteiger partial charge in [-0.2, -0.15) is 0 Å². The molecule has 0 radical (unpaired) electrons. The summed E-state index contributed by atoms with van der Waals surface area (Å²) in [4.78, 5) is 14.0. The molecule has 1 aromatic carbocycles. The highest BCUT2D eigenvalue weighted by atomic mass is 32.2. The number of hydrogen-bond donors (Lipinski definition) is 1. The van der Waals surface area contributed by atoms with Gasteiger partial charge in [-0.25, -0.2) is 17.5 Å². The number of piperidine rings is 1. The van der Waals surface area contributed by atoms with Crippen molar-refractivity contribution in [2.24, 2.45) is 0 Å². The van der Waals surface area contributed by atoms with E-state index in [1.807, 2.05) is 4.90 Å². The monoisotopic (exact) mass is 342 g/mol. The Bertz CT molecular complexity index is 687. The van der Waals surface area contributed by atoms with E-state index >= 15 is 0 Å². The Morgan fingerprint density at radius 3 is 2.65 bits per heavy atom. The first-order valence-corrected chi connectivity index (χ1v) is 8.79. The number of benzene rings is 1. The van der Waals surface area contributed by atoms with Crippen molar-refractivity contribution in [3.63, 3.8) is 0 Å². The normalized spacial score (nSPS) is 19.0. The number of esters is 1. The molecule has 0 amide bonds. The van der Waals surface area contributed by atoms with Gasteiger partial charge >= 0.3 is 5.97 Å². The summed E-state index contributed by atoms with van der Waals surface area (Å²) in [7, 11) is 0.478. The number of carbonyl (C=O) groups is 1. The third-order valence-corrected chi connectivity index (χ3v) is 5.70. The van der Waals surface area contributed by atoms with E-state index in [-0.39, 0.29) is 10.5 Å². The van der Waals surface area contributed by atoms with Gasteiger partial charge in [0.2, 0.25) is 10.0 Å². The van der Waals surface area contributed by atoms with Gasteiger partial charge in [0, 0.05) is 27.2 Å². The molecule has 0 bridgehead atoms. The number of hydrogen-bond acceptors (Lipinski definition) is 6. The molecule has 1 aliphatic heterocycles. The molecule has 23 heavy (non-hydrogen) atoms. The Morgan fingerprint density at radius 2 is 2.09 bits per heavy atom. The van der Waals surface area contributed by atoms with Gasteiger partial charge in [0.15, 0.2) is 0 Å². The molecule has 1 aliphatic rings. The zero-order valence-corrected chi connectivity index (χ0v) is 14.3. The highest BCUT2D eigenvalue weighted by Gasteiger charge is 2.26. The Hall–Kier alpha value is -1.64. The Kier molecular flexibility index (Phi) is 5.28. The summed E-state index contributed by atoms with van der Waals surface area (Å²) in [6.45, 7) is 1.10. The fraction of sp³-hybridized carbons (Fsp3) is 0.533. The lowest BCUT2D eigenvalue weighted by molar-refractivity contribution is 0.0600. The van der Waals surface area contributed by atoms with Crippen LogP contribution in [0.3, 0.4) is 0 Å². The summed E-state index contributed by atoms with van der Waals surface area (Å²) in [5.74, 6) is -0.601. The first-order chi connectivity index (χ1) is 10.8. The highest BCUT2D eigenvalue weighted by Crippen LogP contribution is 2.28. The summed E-state index contributed by atoms with van der Waals surface area (Å²) in [5.41, 5.74) is 0.762. The van der Waals surface area contributed by atoms with Crippen LogP contribution < -0.4 is 4.90 Å². The third-order valence-electron chi connectivity index (χ3n) is 3.89. The van der Waals surface area contributed by atoms with Gasteiger partial charge < -0.3 is 14.7 Å². The van der Waals surface area contributed by atoms with Crippen molar-refractivity contribution < 1.29 is 23.1 Å². The average molecular weight is 342 g/mol. The van der Waals surface area contributed by atoms with E-state index in [0.29, 0.717) is 18.8 Å². The quantitative estimate of drug-likeness (QED) is 0.810. The van der Waals surface area contributed by atoms with Crippen LogP contribution in [0, 0.1) is 0 Å².